The van der Waals surface area contributed by atoms with Crippen LogP contribution in [0.2, 0.25) is 5.02 Å². The molecule has 4 N–H and O–H groups in total. The predicted octanol–water partition coefficient (Wildman–Crippen LogP) is 2.56. The largest absolute Gasteiger partial charge is 0.384 e. The number of halogens is 1. The number of benzene rings is 1. The second-order valence-electron chi connectivity index (χ2n) is 7.60. The Hall–Kier alpha value is -2.64. The van der Waals surface area contributed by atoms with Crippen molar-refractivity contribution in [1.29, 1.82) is 0 Å². The molecule has 162 valence electrons. The van der Waals surface area contributed by atoms with Crippen LogP contribution in [0.25, 0.3) is 0 Å². The van der Waals surface area contributed by atoms with E-state index in [0.717, 1.165) is 11.1 Å². The van der Waals surface area contributed by atoms with E-state index in [1.807, 2.05) is 44.9 Å². The highest BCUT2D eigenvalue weighted by Crippen LogP contribution is 2.20. The average Bonchev–Trinajstić information content (AvgIpc) is 2.72. The lowest BCUT2D eigenvalue weighted by molar-refractivity contribution is -0.126. The smallest absolute Gasteiger partial charge is 0.237 e. The second-order valence-corrected chi connectivity index (χ2v) is 8.03. The normalized spacial score (nSPS) is 13.2. The fourth-order valence-electron chi connectivity index (χ4n) is 2.92. The summed E-state index contributed by atoms with van der Waals surface area (Å²) >= 11 is 6.13. The topological polar surface area (TPSA) is 100 Å². The Labute approximate surface area is 183 Å². The quantitative estimate of drug-likeness (QED) is 0.566. The van der Waals surface area contributed by atoms with E-state index in [9.17, 15) is 9.59 Å². The van der Waals surface area contributed by atoms with Gasteiger partial charge in [-0.15, -0.1) is 0 Å². The molecule has 0 aliphatic heterocycles. The van der Waals surface area contributed by atoms with E-state index in [1.165, 1.54) is 0 Å². The highest BCUT2D eigenvalue weighted by molar-refractivity contribution is 6.30. The summed E-state index contributed by atoms with van der Waals surface area (Å²) < 4.78 is 0. The van der Waals surface area contributed by atoms with E-state index < -0.39 is 5.92 Å². The van der Waals surface area contributed by atoms with Gasteiger partial charge in [-0.3, -0.25) is 14.5 Å². The van der Waals surface area contributed by atoms with Crippen molar-refractivity contribution in [2.24, 2.45) is 0 Å². The van der Waals surface area contributed by atoms with E-state index in [4.69, 9.17) is 17.3 Å². The van der Waals surface area contributed by atoms with Crippen LogP contribution in [0.15, 0.2) is 42.6 Å². The molecule has 0 aliphatic rings. The second kappa shape index (κ2) is 10.9. The lowest BCUT2D eigenvalue weighted by atomic mass is 9.97. The van der Waals surface area contributed by atoms with Gasteiger partial charge in [-0.05, 0) is 57.1 Å². The van der Waals surface area contributed by atoms with Crippen molar-refractivity contribution < 1.29 is 9.59 Å². The van der Waals surface area contributed by atoms with Crippen LogP contribution < -0.4 is 16.4 Å². The molecule has 1 aromatic carbocycles. The maximum atomic E-state index is 13.0. The summed E-state index contributed by atoms with van der Waals surface area (Å²) in [5, 5.41) is 6.35. The first-order valence-electron chi connectivity index (χ1n) is 9.92. The van der Waals surface area contributed by atoms with Crippen LogP contribution in [-0.4, -0.2) is 47.4 Å². The number of hydrogen-bond acceptors (Lipinski definition) is 5. The van der Waals surface area contributed by atoms with Crippen LogP contribution in [0, 0.1) is 0 Å². The molecule has 2 rings (SSSR count). The molecule has 8 heteroatoms. The van der Waals surface area contributed by atoms with Crippen molar-refractivity contribution in [3.05, 3.63) is 58.7 Å². The average molecular weight is 432 g/mol. The molecule has 0 unspecified atom stereocenters. The zero-order valence-corrected chi connectivity index (χ0v) is 18.6. The number of nitrogens with zero attached hydrogens (tertiary/aromatic N) is 2. The SMILES string of the molecule is CC(C)N(C)[C@@H](C)C(=O)NC[C@H](C(=O)NCc1ccc(N)nc1)c1cccc(Cl)c1. The number of carbonyl (C=O) groups excluding carboxylic acids is 2. The minimum absolute atomic E-state index is 0.131. The molecule has 1 heterocycles. The van der Waals surface area contributed by atoms with Gasteiger partial charge in [-0.1, -0.05) is 29.8 Å². The van der Waals surface area contributed by atoms with Crippen LogP contribution in [0.3, 0.4) is 0 Å². The lowest BCUT2D eigenvalue weighted by Gasteiger charge is -2.28. The van der Waals surface area contributed by atoms with Gasteiger partial charge in [0.25, 0.3) is 0 Å². The Morgan fingerprint density at radius 2 is 1.87 bits per heavy atom. The number of carbonyl (C=O) groups is 2. The summed E-state index contributed by atoms with van der Waals surface area (Å²) in [7, 11) is 1.90. The van der Waals surface area contributed by atoms with Crippen LogP contribution in [-0.2, 0) is 16.1 Å². The molecule has 0 spiro atoms. The van der Waals surface area contributed by atoms with Crippen molar-refractivity contribution in [2.75, 3.05) is 19.3 Å². The Morgan fingerprint density at radius 3 is 2.47 bits per heavy atom. The molecule has 2 aromatic rings. The maximum Gasteiger partial charge on any atom is 0.237 e. The Morgan fingerprint density at radius 1 is 1.13 bits per heavy atom. The molecule has 0 saturated heterocycles. The fourth-order valence-corrected chi connectivity index (χ4v) is 3.12. The van der Waals surface area contributed by atoms with Gasteiger partial charge in [-0.25, -0.2) is 4.98 Å². The van der Waals surface area contributed by atoms with Gasteiger partial charge in [0, 0.05) is 30.4 Å². The van der Waals surface area contributed by atoms with Gasteiger partial charge in [0.2, 0.25) is 11.8 Å². The van der Waals surface area contributed by atoms with Crippen molar-refractivity contribution in [3.63, 3.8) is 0 Å². The van der Waals surface area contributed by atoms with Gasteiger partial charge in [0.1, 0.15) is 5.82 Å². The first-order valence-corrected chi connectivity index (χ1v) is 10.3. The highest BCUT2D eigenvalue weighted by atomic mass is 35.5. The molecular weight excluding hydrogens is 402 g/mol. The molecular formula is C22H30ClN5O2. The maximum absolute atomic E-state index is 13.0. The lowest BCUT2D eigenvalue weighted by Crippen LogP contribution is -2.47. The molecule has 7 nitrogen and oxygen atoms in total. The third-order valence-corrected chi connectivity index (χ3v) is 5.40. The van der Waals surface area contributed by atoms with Crippen molar-refractivity contribution in [1.82, 2.24) is 20.5 Å². The van der Waals surface area contributed by atoms with E-state index in [0.29, 0.717) is 17.4 Å². The number of hydrogen-bond donors (Lipinski definition) is 3. The number of anilines is 1. The number of amides is 2. The van der Waals surface area contributed by atoms with E-state index in [1.54, 1.807) is 30.5 Å². The molecule has 2 amide bonds. The van der Waals surface area contributed by atoms with Gasteiger partial charge >= 0.3 is 0 Å². The molecule has 1 aromatic heterocycles. The number of aromatic nitrogens is 1. The molecule has 30 heavy (non-hydrogen) atoms. The molecule has 0 saturated carbocycles. The third kappa shape index (κ3) is 6.71. The molecule has 2 atom stereocenters. The number of nitrogens with two attached hydrogens (primary N) is 1. The minimum Gasteiger partial charge on any atom is -0.384 e. The van der Waals surface area contributed by atoms with Crippen LogP contribution >= 0.6 is 11.6 Å². The van der Waals surface area contributed by atoms with Gasteiger partial charge in [0.15, 0.2) is 0 Å². The standard InChI is InChI=1S/C22H30ClN5O2/c1-14(2)28(4)15(3)21(29)27-13-19(17-6-5-7-18(23)10-17)22(30)26-12-16-8-9-20(24)25-11-16/h5-11,14-15,19H,12-13H2,1-4H3,(H2,24,25)(H,26,30)(H,27,29)/t15-,19-/m0/s1. The minimum atomic E-state index is -0.578. The summed E-state index contributed by atoms with van der Waals surface area (Å²) in [4.78, 5) is 31.6. The first-order chi connectivity index (χ1) is 14.2. The van der Waals surface area contributed by atoms with E-state index in [2.05, 4.69) is 15.6 Å². The van der Waals surface area contributed by atoms with E-state index >= 15 is 0 Å². The van der Waals surface area contributed by atoms with Gasteiger partial charge < -0.3 is 16.4 Å². The Kier molecular flexibility index (Phi) is 8.62. The molecule has 0 bridgehead atoms. The van der Waals surface area contributed by atoms with E-state index in [-0.39, 0.29) is 30.4 Å². The molecule has 0 aliphatic carbocycles. The van der Waals surface area contributed by atoms with Crippen molar-refractivity contribution in [3.8, 4) is 0 Å². The number of pyridine rings is 1. The molecule has 0 fully saturated rings. The summed E-state index contributed by atoms with van der Waals surface area (Å²) in [6, 6.07) is 10.5. The summed E-state index contributed by atoms with van der Waals surface area (Å²) in [6.07, 6.45) is 1.62. The number of nitrogen functional groups attached to an aromatic ring is 1. The zero-order valence-electron chi connectivity index (χ0n) is 17.9. The third-order valence-electron chi connectivity index (χ3n) is 5.17. The predicted molar refractivity (Wildman–Crippen MR) is 120 cm³/mol. The van der Waals surface area contributed by atoms with Gasteiger partial charge in [-0.2, -0.15) is 0 Å². The zero-order chi connectivity index (χ0) is 22.3. The molecule has 0 radical (unpaired) electrons. The van der Waals surface area contributed by atoms with Crippen LogP contribution in [0.1, 0.15) is 37.8 Å². The summed E-state index contributed by atoms with van der Waals surface area (Å²) in [5.41, 5.74) is 7.17. The number of nitrogens with one attached hydrogen (secondary N) is 2. The first kappa shape index (κ1) is 23.6. The van der Waals surface area contributed by atoms with Crippen LogP contribution in [0.5, 0.6) is 0 Å². The number of likely N-dealkylation sites (N-methyl/N-ethyl adjacent to an activating group) is 1. The van der Waals surface area contributed by atoms with Crippen molar-refractivity contribution >= 4 is 29.2 Å². The van der Waals surface area contributed by atoms with Gasteiger partial charge in [0.05, 0.1) is 12.0 Å². The summed E-state index contributed by atoms with van der Waals surface area (Å²) in [5.74, 6) is -0.496. The number of rotatable bonds is 9. The Balaban J connectivity index is 2.09. The fraction of sp³-hybridized carbons (Fsp3) is 0.409. The van der Waals surface area contributed by atoms with Crippen molar-refractivity contribution in [2.45, 2.75) is 45.3 Å². The highest BCUT2D eigenvalue weighted by Gasteiger charge is 2.25. The summed E-state index contributed by atoms with van der Waals surface area (Å²) in [6.45, 7) is 6.37. The monoisotopic (exact) mass is 431 g/mol. The Bertz CT molecular complexity index is 857. The van der Waals surface area contributed by atoms with Crippen LogP contribution in [0.4, 0.5) is 5.82 Å².